The third-order valence-electron chi connectivity index (χ3n) is 8.05. The van der Waals surface area contributed by atoms with E-state index in [2.05, 4.69) is 57.0 Å². The number of aryl methyl sites for hydroxylation is 1. The van der Waals surface area contributed by atoms with Crippen LogP contribution >= 0.6 is 0 Å². The van der Waals surface area contributed by atoms with Crippen LogP contribution < -0.4 is 26.0 Å². The molecule has 13 nitrogen and oxygen atoms in total. The van der Waals surface area contributed by atoms with E-state index in [4.69, 9.17) is 14.6 Å². The first-order chi connectivity index (χ1) is 25.1. The Kier molecular flexibility index (Phi) is 10.7. The van der Waals surface area contributed by atoms with Crippen molar-refractivity contribution in [3.63, 3.8) is 0 Å². The highest BCUT2D eigenvalue weighted by atomic mass is 16.5. The number of anilines is 4. The molecule has 0 radical (unpaired) electrons. The van der Waals surface area contributed by atoms with Crippen LogP contribution in [0.4, 0.5) is 27.9 Å². The average Bonchev–Trinajstić information content (AvgIpc) is 3.56. The van der Waals surface area contributed by atoms with Crippen molar-refractivity contribution in [2.75, 3.05) is 36.2 Å². The van der Waals surface area contributed by atoms with Crippen molar-refractivity contribution in [2.45, 2.75) is 39.7 Å². The fourth-order valence-corrected chi connectivity index (χ4v) is 5.36. The van der Waals surface area contributed by atoms with Gasteiger partial charge >= 0.3 is 6.03 Å². The van der Waals surface area contributed by atoms with Gasteiger partial charge in [-0.1, -0.05) is 57.2 Å². The van der Waals surface area contributed by atoms with E-state index in [0.29, 0.717) is 42.0 Å². The molecule has 6 aromatic rings. The van der Waals surface area contributed by atoms with Gasteiger partial charge in [0.2, 0.25) is 0 Å². The highest BCUT2D eigenvalue weighted by Gasteiger charge is 2.22. The molecule has 0 fully saturated rings. The number of methoxy groups -OCH3 is 1. The Labute approximate surface area is 301 Å². The van der Waals surface area contributed by atoms with Gasteiger partial charge in [-0.2, -0.15) is 5.10 Å². The minimum Gasteiger partial charge on any atom is -0.488 e. The summed E-state index contributed by atoms with van der Waals surface area (Å²) in [5, 5.41) is 18.4. The summed E-state index contributed by atoms with van der Waals surface area (Å²) < 4.78 is 13.0. The summed E-state index contributed by atoms with van der Waals surface area (Å²) in [6.07, 6.45) is 4.54. The molecule has 0 aliphatic rings. The Bertz CT molecular complexity index is 2190. The van der Waals surface area contributed by atoms with E-state index >= 15 is 0 Å². The van der Waals surface area contributed by atoms with Crippen LogP contribution in [-0.4, -0.2) is 56.9 Å². The lowest BCUT2D eigenvalue weighted by Gasteiger charge is -2.15. The number of rotatable bonds is 12. The number of carbonyl (C=O) groups is 2. The summed E-state index contributed by atoms with van der Waals surface area (Å²) in [5.41, 5.74) is 4.29. The molecule has 13 heteroatoms. The molecule has 0 atom stereocenters. The van der Waals surface area contributed by atoms with Gasteiger partial charge < -0.3 is 25.4 Å². The molecular weight excluding hydrogens is 658 g/mol. The van der Waals surface area contributed by atoms with Gasteiger partial charge in [0.25, 0.3) is 5.91 Å². The number of amides is 3. The maximum absolute atomic E-state index is 13.5. The summed E-state index contributed by atoms with van der Waals surface area (Å²) in [6.45, 7) is 9.34. The van der Waals surface area contributed by atoms with Gasteiger partial charge in [0.1, 0.15) is 35.5 Å². The Balaban J connectivity index is 1.13. The quantitative estimate of drug-likeness (QED) is 0.0973. The summed E-state index contributed by atoms with van der Waals surface area (Å²) in [5.74, 6) is 1.87. The second-order valence-electron chi connectivity index (χ2n) is 13.2. The fraction of sp³-hybridized carbons (Fsp3) is 0.231. The lowest BCUT2D eigenvalue weighted by atomic mass is 9.92. The Morgan fingerprint density at radius 1 is 0.846 bits per heavy atom. The largest absolute Gasteiger partial charge is 0.488 e. The molecule has 52 heavy (non-hydrogen) atoms. The van der Waals surface area contributed by atoms with Gasteiger partial charge in [-0.3, -0.25) is 10.1 Å². The van der Waals surface area contributed by atoms with E-state index in [1.807, 2.05) is 85.8 Å². The molecule has 3 amide bonds. The van der Waals surface area contributed by atoms with Crippen LogP contribution in [-0.2, 0) is 16.8 Å². The number of urea groups is 1. The lowest BCUT2D eigenvalue weighted by Crippen LogP contribution is -2.27. The van der Waals surface area contributed by atoms with Crippen molar-refractivity contribution in [3.05, 3.63) is 120 Å². The van der Waals surface area contributed by atoms with Crippen molar-refractivity contribution in [1.82, 2.24) is 30.0 Å². The predicted octanol–water partition coefficient (Wildman–Crippen LogP) is 7.16. The number of ether oxygens (including phenoxy) is 2. The maximum atomic E-state index is 13.5. The number of aromatic nitrogens is 5. The third-order valence-corrected chi connectivity index (χ3v) is 8.05. The van der Waals surface area contributed by atoms with Gasteiger partial charge in [-0.15, -0.1) is 0 Å². The molecular formula is C39H41N9O4. The summed E-state index contributed by atoms with van der Waals surface area (Å²) in [6, 6.07) is 24.6. The van der Waals surface area contributed by atoms with Gasteiger partial charge in [0.15, 0.2) is 0 Å². The first-order valence-corrected chi connectivity index (χ1v) is 16.8. The molecule has 0 saturated carbocycles. The van der Waals surface area contributed by atoms with Crippen molar-refractivity contribution < 1.29 is 19.1 Å². The number of nitrogens with one attached hydrogen (secondary N) is 4. The summed E-state index contributed by atoms with van der Waals surface area (Å²) in [7, 11) is 1.57. The minimum absolute atomic E-state index is 0.200. The van der Waals surface area contributed by atoms with Crippen LogP contribution in [0.3, 0.4) is 0 Å². The standard InChI is InChI=1S/C39H41N9O4/c1-25-9-8-10-27(19-25)48-36(21-33(47-48)39(2,3)4)46-38(50)44-30-13-14-32(29-12-7-6-11-28(29)30)52-24-26-15-16-40-34(20-26)45-35-23-42-31(22-43-35)37(49)41-17-18-51-5/h6-16,19-23H,17-18,24H2,1-5H3,(H,41,49)(H,40,43,45)(H2,44,46,50). The average molecular weight is 700 g/mol. The normalized spacial score (nSPS) is 11.2. The summed E-state index contributed by atoms with van der Waals surface area (Å²) in [4.78, 5) is 38.5. The van der Waals surface area contributed by atoms with Crippen LogP contribution in [0.1, 0.15) is 48.1 Å². The number of hydrogen-bond acceptors (Lipinski definition) is 9. The van der Waals surface area contributed by atoms with E-state index in [1.54, 1.807) is 18.0 Å². The fourth-order valence-electron chi connectivity index (χ4n) is 5.36. The topological polar surface area (TPSA) is 157 Å². The first kappa shape index (κ1) is 35.5. The van der Waals surface area contributed by atoms with Gasteiger partial charge in [-0.25, -0.2) is 24.4 Å². The number of carbonyl (C=O) groups excluding carboxylic acids is 2. The van der Waals surface area contributed by atoms with Crippen LogP contribution in [0.25, 0.3) is 16.5 Å². The Morgan fingerprint density at radius 2 is 1.67 bits per heavy atom. The molecule has 0 aliphatic carbocycles. The number of hydrogen-bond donors (Lipinski definition) is 4. The zero-order valence-corrected chi connectivity index (χ0v) is 29.7. The SMILES string of the molecule is COCCNC(=O)c1cnc(Nc2cc(COc3ccc(NC(=O)Nc4cc(C(C)(C)C)nn4-c4cccc(C)c4)c4ccccc34)ccn2)cn1. The van der Waals surface area contributed by atoms with Gasteiger partial charge in [0.05, 0.1) is 36.1 Å². The molecule has 3 aromatic carbocycles. The first-order valence-electron chi connectivity index (χ1n) is 16.8. The molecule has 0 unspecified atom stereocenters. The summed E-state index contributed by atoms with van der Waals surface area (Å²) >= 11 is 0. The van der Waals surface area contributed by atoms with Gasteiger partial charge in [-0.05, 0) is 54.4 Å². The monoisotopic (exact) mass is 699 g/mol. The molecule has 3 aromatic heterocycles. The Morgan fingerprint density at radius 3 is 2.42 bits per heavy atom. The van der Waals surface area contributed by atoms with E-state index < -0.39 is 6.03 Å². The van der Waals surface area contributed by atoms with Crippen LogP contribution in [0.2, 0.25) is 0 Å². The van der Waals surface area contributed by atoms with Gasteiger partial charge in [0, 0.05) is 42.1 Å². The smallest absolute Gasteiger partial charge is 0.324 e. The molecule has 6 rings (SSSR count). The molecule has 266 valence electrons. The molecule has 0 saturated heterocycles. The van der Waals surface area contributed by atoms with Crippen LogP contribution in [0, 0.1) is 6.92 Å². The van der Waals surface area contributed by atoms with Crippen molar-refractivity contribution in [2.24, 2.45) is 0 Å². The maximum Gasteiger partial charge on any atom is 0.324 e. The second kappa shape index (κ2) is 15.7. The minimum atomic E-state index is -0.394. The zero-order chi connectivity index (χ0) is 36.7. The molecule has 0 spiro atoms. The highest BCUT2D eigenvalue weighted by Crippen LogP contribution is 2.33. The zero-order valence-electron chi connectivity index (χ0n) is 29.7. The number of fused-ring (bicyclic) bond motifs is 1. The van der Waals surface area contributed by atoms with Crippen molar-refractivity contribution in [1.29, 1.82) is 0 Å². The molecule has 4 N–H and O–H groups in total. The number of pyridine rings is 1. The van der Waals surface area contributed by atoms with Crippen molar-refractivity contribution in [3.8, 4) is 11.4 Å². The number of nitrogens with zero attached hydrogens (tertiary/aromatic N) is 5. The van der Waals surface area contributed by atoms with E-state index in [0.717, 1.165) is 33.3 Å². The predicted molar refractivity (Wildman–Crippen MR) is 202 cm³/mol. The Hall–Kier alpha value is -6.34. The molecule has 3 heterocycles. The lowest BCUT2D eigenvalue weighted by molar-refractivity contribution is 0.0931. The highest BCUT2D eigenvalue weighted by molar-refractivity contribution is 6.07. The second-order valence-corrected chi connectivity index (χ2v) is 13.2. The van der Waals surface area contributed by atoms with E-state index in [-0.39, 0.29) is 23.6 Å². The third kappa shape index (κ3) is 8.68. The van der Waals surface area contributed by atoms with Crippen LogP contribution in [0.5, 0.6) is 5.75 Å². The number of benzene rings is 3. The van der Waals surface area contributed by atoms with Crippen LogP contribution in [0.15, 0.2) is 97.5 Å². The van der Waals surface area contributed by atoms with E-state index in [1.165, 1.54) is 12.4 Å². The molecule has 0 bridgehead atoms. The van der Waals surface area contributed by atoms with Crippen molar-refractivity contribution >= 4 is 45.9 Å². The van der Waals surface area contributed by atoms with E-state index in [9.17, 15) is 9.59 Å². The molecule has 0 aliphatic heterocycles.